The maximum absolute atomic E-state index is 11.6. The second-order valence-corrected chi connectivity index (χ2v) is 3.79. The largest absolute Gasteiger partial charge is 0.324 e. The molecule has 2 aromatic carbocycles. The van der Waals surface area contributed by atoms with Crippen molar-refractivity contribution in [2.75, 3.05) is 11.9 Å². The van der Waals surface area contributed by atoms with Crippen LogP contribution in [0.3, 0.4) is 0 Å². The number of anilines is 1. The monoisotopic (exact) mass is 238 g/mol. The highest BCUT2D eigenvalue weighted by Crippen LogP contribution is 2.04. The molecule has 1 amide bonds. The van der Waals surface area contributed by atoms with E-state index in [2.05, 4.69) is 10.3 Å². The molecule has 0 atom stereocenters. The molecule has 18 heavy (non-hydrogen) atoms. The Morgan fingerprint density at radius 3 is 2.28 bits per heavy atom. The van der Waals surface area contributed by atoms with Crippen LogP contribution in [-0.2, 0) is 4.79 Å². The summed E-state index contributed by atoms with van der Waals surface area (Å²) in [5, 5.41) is 2.78. The lowest BCUT2D eigenvalue weighted by Crippen LogP contribution is -2.14. The first-order chi connectivity index (χ1) is 8.84. The van der Waals surface area contributed by atoms with Gasteiger partial charge in [0.25, 0.3) is 0 Å². The topological polar surface area (TPSA) is 41.5 Å². The van der Waals surface area contributed by atoms with Gasteiger partial charge >= 0.3 is 0 Å². The van der Waals surface area contributed by atoms with E-state index >= 15 is 0 Å². The smallest absolute Gasteiger partial charge is 0.246 e. The van der Waals surface area contributed by atoms with Crippen molar-refractivity contribution in [3.8, 4) is 0 Å². The van der Waals surface area contributed by atoms with Crippen molar-refractivity contribution in [3.63, 3.8) is 0 Å². The second kappa shape index (κ2) is 6.35. The highest BCUT2D eigenvalue weighted by Gasteiger charge is 1.98. The average Bonchev–Trinajstić information content (AvgIpc) is 2.41. The summed E-state index contributed by atoms with van der Waals surface area (Å²) in [4.78, 5) is 15.7. The van der Waals surface area contributed by atoms with Crippen LogP contribution in [0.15, 0.2) is 65.7 Å². The van der Waals surface area contributed by atoms with Crippen LogP contribution in [0, 0.1) is 0 Å². The maximum atomic E-state index is 11.6. The Balaban J connectivity index is 1.84. The number of carbonyl (C=O) groups excluding carboxylic acids is 1. The fraction of sp³-hybridized carbons (Fsp3) is 0.0667. The predicted octanol–water partition coefficient (Wildman–Crippen LogP) is 2.74. The summed E-state index contributed by atoms with van der Waals surface area (Å²) in [5.74, 6) is -0.117. The van der Waals surface area contributed by atoms with Crippen LogP contribution in [0.25, 0.3) is 0 Å². The van der Waals surface area contributed by atoms with Gasteiger partial charge in [-0.2, -0.15) is 0 Å². The Kier molecular flexibility index (Phi) is 4.25. The predicted molar refractivity (Wildman–Crippen MR) is 74.0 cm³/mol. The number of carbonyl (C=O) groups is 1. The summed E-state index contributed by atoms with van der Waals surface area (Å²) in [6, 6.07) is 19.1. The Hall–Kier alpha value is -2.42. The first-order valence-corrected chi connectivity index (χ1v) is 5.74. The van der Waals surface area contributed by atoms with Crippen LogP contribution in [0.2, 0.25) is 0 Å². The molecule has 0 radical (unpaired) electrons. The highest BCUT2D eigenvalue weighted by molar-refractivity contribution is 5.93. The van der Waals surface area contributed by atoms with E-state index in [0.717, 1.165) is 11.3 Å². The van der Waals surface area contributed by atoms with E-state index in [9.17, 15) is 4.79 Å². The molecule has 0 bridgehead atoms. The van der Waals surface area contributed by atoms with Gasteiger partial charge < -0.3 is 5.32 Å². The van der Waals surface area contributed by atoms with Crippen LogP contribution in [0.4, 0.5) is 5.69 Å². The molecule has 0 fully saturated rings. The van der Waals surface area contributed by atoms with Crippen molar-refractivity contribution < 1.29 is 4.79 Å². The van der Waals surface area contributed by atoms with E-state index in [0.29, 0.717) is 0 Å². The zero-order valence-corrected chi connectivity index (χ0v) is 9.91. The number of benzene rings is 2. The molecule has 3 heteroatoms. The van der Waals surface area contributed by atoms with E-state index in [4.69, 9.17) is 0 Å². The molecule has 2 aromatic rings. The molecule has 0 unspecified atom stereocenters. The average molecular weight is 238 g/mol. The molecule has 0 heterocycles. The minimum atomic E-state index is -0.117. The van der Waals surface area contributed by atoms with Crippen LogP contribution >= 0.6 is 0 Å². The summed E-state index contributed by atoms with van der Waals surface area (Å²) < 4.78 is 0. The molecule has 0 spiro atoms. The number of nitrogens with one attached hydrogen (secondary N) is 1. The summed E-state index contributed by atoms with van der Waals surface area (Å²) >= 11 is 0. The maximum Gasteiger partial charge on any atom is 0.246 e. The minimum absolute atomic E-state index is 0.117. The van der Waals surface area contributed by atoms with Crippen molar-refractivity contribution in [1.29, 1.82) is 0 Å². The molecule has 0 aliphatic rings. The van der Waals surface area contributed by atoms with Gasteiger partial charge in [-0.3, -0.25) is 9.79 Å². The molecule has 0 aliphatic heterocycles. The standard InChI is InChI=1S/C15H14N2O/c18-15(17-14-9-5-2-6-10-14)12-16-11-13-7-3-1-4-8-13/h1-11H,12H2,(H,17,18). The van der Waals surface area contributed by atoms with Gasteiger partial charge in [0.2, 0.25) is 5.91 Å². The van der Waals surface area contributed by atoms with Crippen molar-refractivity contribution in [2.45, 2.75) is 0 Å². The lowest BCUT2D eigenvalue weighted by Gasteiger charge is -2.01. The van der Waals surface area contributed by atoms with Crippen molar-refractivity contribution in [1.82, 2.24) is 0 Å². The first-order valence-electron chi connectivity index (χ1n) is 5.74. The molecule has 1 N–H and O–H groups in total. The molecule has 2 rings (SSSR count). The van der Waals surface area contributed by atoms with Gasteiger partial charge in [-0.1, -0.05) is 48.5 Å². The van der Waals surface area contributed by atoms with Gasteiger partial charge in [0.05, 0.1) is 0 Å². The van der Waals surface area contributed by atoms with Crippen LogP contribution in [0.5, 0.6) is 0 Å². The van der Waals surface area contributed by atoms with E-state index in [1.54, 1.807) is 6.21 Å². The SMILES string of the molecule is O=C(CN=Cc1ccccc1)Nc1ccccc1. The molecule has 0 aliphatic carbocycles. The second-order valence-electron chi connectivity index (χ2n) is 3.79. The molecular formula is C15H14N2O. The number of aliphatic imine (C=N–C) groups is 1. The van der Waals surface area contributed by atoms with Crippen molar-refractivity contribution in [3.05, 3.63) is 66.2 Å². The Morgan fingerprint density at radius 1 is 1.00 bits per heavy atom. The fourth-order valence-corrected chi connectivity index (χ4v) is 1.50. The quantitative estimate of drug-likeness (QED) is 0.817. The van der Waals surface area contributed by atoms with Crippen LogP contribution in [-0.4, -0.2) is 18.7 Å². The minimum Gasteiger partial charge on any atom is -0.324 e. The summed E-state index contributed by atoms with van der Waals surface area (Å²) in [6.45, 7) is 0.129. The third-order valence-corrected chi connectivity index (χ3v) is 2.33. The van der Waals surface area contributed by atoms with E-state index in [1.807, 2.05) is 60.7 Å². The molecule has 0 saturated heterocycles. The zero-order chi connectivity index (χ0) is 12.6. The van der Waals surface area contributed by atoms with Crippen LogP contribution in [0.1, 0.15) is 5.56 Å². The lowest BCUT2D eigenvalue weighted by atomic mass is 10.2. The number of rotatable bonds is 4. The molecule has 0 aromatic heterocycles. The van der Waals surface area contributed by atoms with Crippen LogP contribution < -0.4 is 5.32 Å². The number of hydrogen-bond acceptors (Lipinski definition) is 2. The van der Waals surface area contributed by atoms with E-state index in [1.165, 1.54) is 0 Å². The number of amides is 1. The van der Waals surface area contributed by atoms with E-state index < -0.39 is 0 Å². The van der Waals surface area contributed by atoms with Gasteiger partial charge in [-0.25, -0.2) is 0 Å². The Bertz CT molecular complexity index is 521. The van der Waals surface area contributed by atoms with E-state index in [-0.39, 0.29) is 12.5 Å². The molecule has 0 saturated carbocycles. The summed E-state index contributed by atoms with van der Waals surface area (Å²) in [5.41, 5.74) is 1.78. The van der Waals surface area contributed by atoms with Gasteiger partial charge in [-0.15, -0.1) is 0 Å². The highest BCUT2D eigenvalue weighted by atomic mass is 16.1. The van der Waals surface area contributed by atoms with Gasteiger partial charge in [0, 0.05) is 11.9 Å². The Morgan fingerprint density at radius 2 is 1.61 bits per heavy atom. The van der Waals surface area contributed by atoms with Gasteiger partial charge in [0.1, 0.15) is 6.54 Å². The third kappa shape index (κ3) is 3.87. The molecule has 3 nitrogen and oxygen atoms in total. The molecule has 90 valence electrons. The third-order valence-electron chi connectivity index (χ3n) is 2.33. The fourth-order valence-electron chi connectivity index (χ4n) is 1.50. The number of hydrogen-bond donors (Lipinski definition) is 1. The summed E-state index contributed by atoms with van der Waals surface area (Å²) in [7, 11) is 0. The zero-order valence-electron chi connectivity index (χ0n) is 9.91. The number of para-hydroxylation sites is 1. The molecular weight excluding hydrogens is 224 g/mol. The lowest BCUT2D eigenvalue weighted by molar-refractivity contribution is -0.114. The van der Waals surface area contributed by atoms with Crippen molar-refractivity contribution >= 4 is 17.8 Å². The summed E-state index contributed by atoms with van der Waals surface area (Å²) in [6.07, 6.45) is 1.70. The van der Waals surface area contributed by atoms with Crippen molar-refractivity contribution in [2.24, 2.45) is 4.99 Å². The normalized spacial score (nSPS) is 10.4. The Labute approximate surface area is 106 Å². The number of nitrogens with zero attached hydrogens (tertiary/aromatic N) is 1. The van der Waals surface area contributed by atoms with Gasteiger partial charge in [-0.05, 0) is 17.7 Å². The first kappa shape index (κ1) is 12.0. The van der Waals surface area contributed by atoms with Gasteiger partial charge in [0.15, 0.2) is 0 Å².